The van der Waals surface area contributed by atoms with Crippen molar-refractivity contribution in [2.24, 2.45) is 28.8 Å². The largest absolute Gasteiger partial charge is 0.468 e. The molecule has 1 rings (SSSR count). The minimum absolute atomic E-state index is 0.252. The van der Waals surface area contributed by atoms with Crippen LogP contribution in [0.4, 0.5) is 0 Å². The molecule has 7 nitrogen and oxygen atoms in total. The van der Waals surface area contributed by atoms with Crippen molar-refractivity contribution in [3.8, 4) is 0 Å². The third kappa shape index (κ3) is 2.01. The molecule has 0 heterocycles. The first-order chi connectivity index (χ1) is 8.10. The molecule has 1 fully saturated rings. The van der Waals surface area contributed by atoms with Crippen LogP contribution in [0.15, 0.2) is 0 Å². The Morgan fingerprint density at radius 2 is 2.12 bits per heavy atom. The molecular weight excluding hydrogens is 226 g/mol. The van der Waals surface area contributed by atoms with Crippen molar-refractivity contribution >= 4 is 11.9 Å². The maximum atomic E-state index is 11.8. The summed E-state index contributed by atoms with van der Waals surface area (Å²) in [5.74, 6) is 3.13. The fraction of sp³-hybridized carbons (Fsp3) is 0.800. The highest BCUT2D eigenvalue weighted by Gasteiger charge is 2.74. The van der Waals surface area contributed by atoms with Gasteiger partial charge in [0.1, 0.15) is 0 Å². The number of hydrazine groups is 1. The molecular formula is C10H19N3O4. The van der Waals surface area contributed by atoms with Crippen LogP contribution in [0.5, 0.6) is 0 Å². The quantitative estimate of drug-likeness (QED) is 0.142. The first-order valence-corrected chi connectivity index (χ1v) is 5.51. The third-order valence-corrected chi connectivity index (χ3v) is 3.49. The van der Waals surface area contributed by atoms with E-state index in [1.807, 2.05) is 5.43 Å². The Morgan fingerprint density at radius 3 is 2.53 bits per heavy atom. The summed E-state index contributed by atoms with van der Waals surface area (Å²) in [4.78, 5) is 23.5. The van der Waals surface area contributed by atoms with Gasteiger partial charge in [0.15, 0.2) is 5.41 Å². The molecule has 0 spiro atoms. The van der Waals surface area contributed by atoms with Gasteiger partial charge in [0.2, 0.25) is 0 Å². The average molecular weight is 245 g/mol. The highest BCUT2D eigenvalue weighted by Crippen LogP contribution is 2.61. The lowest BCUT2D eigenvalue weighted by molar-refractivity contribution is -0.154. The van der Waals surface area contributed by atoms with E-state index in [-0.39, 0.29) is 12.5 Å². The number of rotatable bonds is 6. The van der Waals surface area contributed by atoms with Crippen LogP contribution < -0.4 is 17.0 Å². The molecule has 17 heavy (non-hydrogen) atoms. The zero-order valence-corrected chi connectivity index (χ0v) is 9.81. The average Bonchev–Trinajstić information content (AvgIpc) is 3.02. The van der Waals surface area contributed by atoms with E-state index in [0.29, 0.717) is 19.4 Å². The van der Waals surface area contributed by atoms with E-state index >= 15 is 0 Å². The normalized spacial score (nSPS) is 30.8. The number of esters is 1. The number of hydrogen-bond acceptors (Lipinski definition) is 6. The minimum atomic E-state index is -1.34. The third-order valence-electron chi connectivity index (χ3n) is 3.49. The topological polar surface area (TPSA) is 128 Å². The smallest absolute Gasteiger partial charge is 0.322 e. The van der Waals surface area contributed by atoms with Gasteiger partial charge in [-0.15, -0.1) is 0 Å². The summed E-state index contributed by atoms with van der Waals surface area (Å²) >= 11 is 0. The lowest BCUT2D eigenvalue weighted by atomic mass is 9.99. The lowest BCUT2D eigenvalue weighted by Gasteiger charge is -2.13. The summed E-state index contributed by atoms with van der Waals surface area (Å²) in [5.41, 5.74) is 6.03. The summed E-state index contributed by atoms with van der Waals surface area (Å²) in [6.07, 6.45) is 1.27. The standard InChI is InChI=1S/C10H19N3O4/c1-17-9(16)10(8(15)13-12)6(3-2-4-11)7(10)5-14/h6-7,14H,2-5,11-12H2,1H3,(H,13,15)/t6-,7+,10+/m1/s1. The number of aliphatic hydroxyl groups excluding tert-OH is 1. The van der Waals surface area contributed by atoms with Crippen LogP contribution in [0.1, 0.15) is 12.8 Å². The van der Waals surface area contributed by atoms with Crippen LogP contribution in [0.3, 0.4) is 0 Å². The van der Waals surface area contributed by atoms with Crippen LogP contribution in [-0.4, -0.2) is 37.2 Å². The maximum absolute atomic E-state index is 11.8. The number of amides is 1. The highest BCUT2D eigenvalue weighted by molar-refractivity contribution is 6.06. The van der Waals surface area contributed by atoms with Crippen LogP contribution in [0.2, 0.25) is 0 Å². The molecule has 0 aliphatic heterocycles. The van der Waals surface area contributed by atoms with Crippen molar-refractivity contribution in [1.82, 2.24) is 5.43 Å². The van der Waals surface area contributed by atoms with Gasteiger partial charge in [0.25, 0.3) is 5.91 Å². The van der Waals surface area contributed by atoms with Gasteiger partial charge in [-0.1, -0.05) is 0 Å². The van der Waals surface area contributed by atoms with E-state index in [2.05, 4.69) is 4.74 Å². The number of carbonyl (C=O) groups excluding carboxylic acids is 2. The second-order valence-electron chi connectivity index (χ2n) is 4.16. The first-order valence-electron chi connectivity index (χ1n) is 5.51. The number of carbonyl (C=O) groups is 2. The summed E-state index contributed by atoms with van der Waals surface area (Å²) < 4.78 is 4.65. The molecule has 1 amide bonds. The number of nitrogens with two attached hydrogens (primary N) is 2. The predicted octanol–water partition coefficient (Wildman–Crippen LogP) is -1.89. The number of hydrogen-bond donors (Lipinski definition) is 4. The van der Waals surface area contributed by atoms with Crippen molar-refractivity contribution in [1.29, 1.82) is 0 Å². The van der Waals surface area contributed by atoms with E-state index in [1.165, 1.54) is 7.11 Å². The summed E-state index contributed by atoms with van der Waals surface area (Å²) in [6, 6.07) is 0. The van der Waals surface area contributed by atoms with Crippen LogP contribution in [0, 0.1) is 17.3 Å². The van der Waals surface area contributed by atoms with Crippen LogP contribution in [-0.2, 0) is 14.3 Å². The van der Waals surface area contributed by atoms with Gasteiger partial charge >= 0.3 is 5.97 Å². The van der Waals surface area contributed by atoms with E-state index in [0.717, 1.165) is 0 Å². The Hall–Kier alpha value is -1.18. The fourth-order valence-corrected chi connectivity index (χ4v) is 2.60. The SMILES string of the molecule is COC(=O)[C@@]1(C(=O)NN)[C@H](CCCN)[C@@H]1CO. The van der Waals surface area contributed by atoms with Crippen LogP contribution >= 0.6 is 0 Å². The fourth-order valence-electron chi connectivity index (χ4n) is 2.60. The highest BCUT2D eigenvalue weighted by atomic mass is 16.5. The van der Waals surface area contributed by atoms with Gasteiger partial charge in [-0.3, -0.25) is 15.0 Å². The molecule has 98 valence electrons. The van der Waals surface area contributed by atoms with E-state index in [1.54, 1.807) is 0 Å². The lowest BCUT2D eigenvalue weighted by Crippen LogP contribution is -2.43. The molecule has 0 radical (unpaired) electrons. The second-order valence-corrected chi connectivity index (χ2v) is 4.16. The zero-order chi connectivity index (χ0) is 13.1. The Kier molecular flexibility index (Phi) is 4.44. The second kappa shape index (κ2) is 5.44. The Labute approximate surface area is 99.4 Å². The molecule has 1 saturated carbocycles. The van der Waals surface area contributed by atoms with Gasteiger partial charge in [0.05, 0.1) is 7.11 Å². The van der Waals surface area contributed by atoms with E-state index in [9.17, 15) is 14.7 Å². The molecule has 7 heteroatoms. The molecule has 0 aromatic carbocycles. The van der Waals surface area contributed by atoms with Crippen molar-refractivity contribution < 1.29 is 19.4 Å². The molecule has 1 aliphatic carbocycles. The first kappa shape index (κ1) is 13.9. The van der Waals surface area contributed by atoms with Gasteiger partial charge in [-0.05, 0) is 25.3 Å². The molecule has 0 bridgehead atoms. The molecule has 6 N–H and O–H groups in total. The molecule has 0 saturated heterocycles. The van der Waals surface area contributed by atoms with Crippen molar-refractivity contribution in [3.63, 3.8) is 0 Å². The van der Waals surface area contributed by atoms with E-state index in [4.69, 9.17) is 11.6 Å². The Balaban J connectivity index is 2.91. The number of aliphatic hydroxyl groups is 1. The number of methoxy groups -OCH3 is 1. The molecule has 3 atom stereocenters. The van der Waals surface area contributed by atoms with Gasteiger partial charge < -0.3 is 15.6 Å². The Morgan fingerprint density at radius 1 is 1.47 bits per heavy atom. The predicted molar refractivity (Wildman–Crippen MR) is 59.1 cm³/mol. The van der Waals surface area contributed by atoms with Gasteiger partial charge in [0, 0.05) is 12.5 Å². The van der Waals surface area contributed by atoms with Crippen molar-refractivity contribution in [2.75, 3.05) is 20.3 Å². The van der Waals surface area contributed by atoms with Crippen molar-refractivity contribution in [2.45, 2.75) is 12.8 Å². The minimum Gasteiger partial charge on any atom is -0.468 e. The number of ether oxygens (including phenoxy) is 1. The van der Waals surface area contributed by atoms with Crippen molar-refractivity contribution in [3.05, 3.63) is 0 Å². The zero-order valence-electron chi connectivity index (χ0n) is 9.81. The summed E-state index contributed by atoms with van der Waals surface area (Å²) in [7, 11) is 1.21. The monoisotopic (exact) mass is 245 g/mol. The van der Waals surface area contributed by atoms with Crippen LogP contribution in [0.25, 0.3) is 0 Å². The molecule has 0 aromatic rings. The molecule has 0 unspecified atom stereocenters. The molecule has 0 aromatic heterocycles. The van der Waals surface area contributed by atoms with E-state index < -0.39 is 23.2 Å². The summed E-state index contributed by atoms with van der Waals surface area (Å²) in [5, 5.41) is 9.24. The Bertz CT molecular complexity index is 292. The number of nitrogens with one attached hydrogen (secondary N) is 1. The van der Waals surface area contributed by atoms with Gasteiger partial charge in [-0.25, -0.2) is 5.84 Å². The van der Waals surface area contributed by atoms with Gasteiger partial charge in [-0.2, -0.15) is 0 Å². The maximum Gasteiger partial charge on any atom is 0.322 e. The summed E-state index contributed by atoms with van der Waals surface area (Å²) in [6.45, 7) is 0.216. The molecule has 1 aliphatic rings.